The zero-order chi connectivity index (χ0) is 13.1. The van der Waals surface area contributed by atoms with Crippen molar-refractivity contribution >= 4 is 22.1 Å². The van der Waals surface area contributed by atoms with Crippen molar-refractivity contribution in [1.82, 2.24) is 14.9 Å². The summed E-state index contributed by atoms with van der Waals surface area (Å²) in [6.07, 6.45) is 1.76. The molecule has 6 heteroatoms. The number of rotatable bonds is 3. The molecule has 0 saturated heterocycles. The van der Waals surface area contributed by atoms with Crippen molar-refractivity contribution in [1.29, 1.82) is 0 Å². The van der Waals surface area contributed by atoms with E-state index in [-0.39, 0.29) is 0 Å². The summed E-state index contributed by atoms with van der Waals surface area (Å²) in [5.41, 5.74) is 0.968. The van der Waals surface area contributed by atoms with Gasteiger partial charge in [-0.1, -0.05) is 0 Å². The molecule has 0 N–H and O–H groups in total. The summed E-state index contributed by atoms with van der Waals surface area (Å²) in [6.45, 7) is 3.72. The molecule has 94 valence electrons. The summed E-state index contributed by atoms with van der Waals surface area (Å²) in [4.78, 5) is 0. The molecule has 0 spiro atoms. The number of aryl methyl sites for hydroxylation is 2. The predicted octanol–water partition coefficient (Wildman–Crippen LogP) is 2.55. The molecule has 1 aromatic carbocycles. The van der Waals surface area contributed by atoms with Crippen LogP contribution in [0.25, 0.3) is 0 Å². The lowest BCUT2D eigenvalue weighted by Crippen LogP contribution is -1.96. The Morgan fingerprint density at radius 1 is 1.28 bits per heavy atom. The van der Waals surface area contributed by atoms with E-state index in [4.69, 9.17) is 4.74 Å². The highest BCUT2D eigenvalue weighted by Crippen LogP contribution is 2.24. The van der Waals surface area contributed by atoms with Crippen LogP contribution in [0.15, 0.2) is 27.8 Å². The summed E-state index contributed by atoms with van der Waals surface area (Å²) in [5.74, 6) is 2.32. The first-order valence-corrected chi connectivity index (χ1v) is 6.17. The van der Waals surface area contributed by atoms with Crippen molar-refractivity contribution in [3.63, 3.8) is 0 Å². The molecule has 1 aromatic heterocycles. The molecule has 2 rings (SSSR count). The van der Waals surface area contributed by atoms with Crippen LogP contribution in [0, 0.1) is 13.8 Å². The van der Waals surface area contributed by atoms with Crippen molar-refractivity contribution in [3.05, 3.63) is 39.9 Å². The van der Waals surface area contributed by atoms with E-state index in [1.807, 2.05) is 32.0 Å². The second-order valence-electron chi connectivity index (χ2n) is 3.74. The average molecular weight is 309 g/mol. The van der Waals surface area contributed by atoms with E-state index in [0.29, 0.717) is 0 Å². The molecular weight excluding hydrogens is 296 g/mol. The number of methoxy groups -OCH3 is 1. The Morgan fingerprint density at radius 2 is 1.94 bits per heavy atom. The molecule has 1 heterocycles. The minimum atomic E-state index is 0.760. The van der Waals surface area contributed by atoms with Crippen LogP contribution in [-0.2, 0) is 0 Å². The van der Waals surface area contributed by atoms with Crippen molar-refractivity contribution in [2.24, 2.45) is 5.10 Å². The molecule has 0 radical (unpaired) electrons. The van der Waals surface area contributed by atoms with Gasteiger partial charge in [0.2, 0.25) is 0 Å². The van der Waals surface area contributed by atoms with Crippen LogP contribution in [0.4, 0.5) is 0 Å². The smallest absolute Gasteiger partial charge is 0.151 e. The fourth-order valence-electron chi connectivity index (χ4n) is 1.52. The molecule has 0 atom stereocenters. The third kappa shape index (κ3) is 2.59. The van der Waals surface area contributed by atoms with Gasteiger partial charge in [0.1, 0.15) is 5.75 Å². The minimum Gasteiger partial charge on any atom is -0.496 e. The topological polar surface area (TPSA) is 52.3 Å². The molecule has 18 heavy (non-hydrogen) atoms. The number of nitrogens with zero attached hydrogens (tertiary/aromatic N) is 4. The van der Waals surface area contributed by atoms with Crippen LogP contribution in [0.1, 0.15) is 17.2 Å². The molecule has 0 aliphatic rings. The van der Waals surface area contributed by atoms with Crippen LogP contribution in [-0.4, -0.2) is 28.2 Å². The molecule has 5 nitrogen and oxygen atoms in total. The Hall–Kier alpha value is -1.69. The maximum atomic E-state index is 5.17. The Labute approximate surface area is 114 Å². The average Bonchev–Trinajstić information content (AvgIpc) is 2.67. The van der Waals surface area contributed by atoms with E-state index in [0.717, 1.165) is 27.4 Å². The van der Waals surface area contributed by atoms with Crippen LogP contribution >= 0.6 is 15.9 Å². The zero-order valence-electron chi connectivity index (χ0n) is 10.4. The fraction of sp³-hybridized carbons (Fsp3) is 0.250. The van der Waals surface area contributed by atoms with Gasteiger partial charge in [0.15, 0.2) is 11.6 Å². The number of hydrogen-bond donors (Lipinski definition) is 0. The molecule has 0 bridgehead atoms. The van der Waals surface area contributed by atoms with Crippen LogP contribution in [0.3, 0.4) is 0 Å². The lowest BCUT2D eigenvalue weighted by Gasteiger charge is -2.03. The minimum absolute atomic E-state index is 0.760. The van der Waals surface area contributed by atoms with Gasteiger partial charge in [-0.2, -0.15) is 5.10 Å². The van der Waals surface area contributed by atoms with Crippen molar-refractivity contribution < 1.29 is 4.74 Å². The third-order valence-electron chi connectivity index (χ3n) is 2.45. The van der Waals surface area contributed by atoms with E-state index in [1.165, 1.54) is 0 Å². The highest BCUT2D eigenvalue weighted by molar-refractivity contribution is 9.10. The molecule has 2 aromatic rings. The SMILES string of the molecule is COc1ccc(C=Nn2c(C)nnc2C)cc1Br. The van der Waals surface area contributed by atoms with Gasteiger partial charge >= 0.3 is 0 Å². The Kier molecular flexibility index (Phi) is 3.76. The number of benzene rings is 1. The quantitative estimate of drug-likeness (QED) is 0.819. The molecular formula is C12H13BrN4O. The van der Waals surface area contributed by atoms with Gasteiger partial charge in [0, 0.05) is 0 Å². The zero-order valence-corrected chi connectivity index (χ0v) is 12.0. The van der Waals surface area contributed by atoms with E-state index in [2.05, 4.69) is 31.2 Å². The van der Waals surface area contributed by atoms with Crippen molar-refractivity contribution in [2.75, 3.05) is 7.11 Å². The highest BCUT2D eigenvalue weighted by atomic mass is 79.9. The lowest BCUT2D eigenvalue weighted by atomic mass is 10.2. The Morgan fingerprint density at radius 3 is 2.50 bits per heavy atom. The van der Waals surface area contributed by atoms with E-state index >= 15 is 0 Å². The second kappa shape index (κ2) is 5.30. The molecule has 0 unspecified atom stereocenters. The molecule has 0 fully saturated rings. The molecule has 0 aliphatic heterocycles. The highest BCUT2D eigenvalue weighted by Gasteiger charge is 2.02. The first-order valence-electron chi connectivity index (χ1n) is 5.38. The normalized spacial score (nSPS) is 11.1. The van der Waals surface area contributed by atoms with Gasteiger partial charge in [-0.3, -0.25) is 0 Å². The first kappa shape index (κ1) is 12.8. The van der Waals surface area contributed by atoms with E-state index in [1.54, 1.807) is 18.0 Å². The molecule has 0 saturated carbocycles. The fourth-order valence-corrected chi connectivity index (χ4v) is 2.08. The number of hydrogen-bond acceptors (Lipinski definition) is 4. The Bertz CT molecular complexity index is 572. The summed E-state index contributed by atoms with van der Waals surface area (Å²) in [6, 6.07) is 5.76. The van der Waals surface area contributed by atoms with Gasteiger partial charge < -0.3 is 4.74 Å². The van der Waals surface area contributed by atoms with Crippen LogP contribution < -0.4 is 4.74 Å². The van der Waals surface area contributed by atoms with Crippen LogP contribution in [0.2, 0.25) is 0 Å². The second-order valence-corrected chi connectivity index (χ2v) is 4.60. The summed E-state index contributed by atoms with van der Waals surface area (Å²) in [7, 11) is 1.64. The third-order valence-corrected chi connectivity index (χ3v) is 3.07. The standard InChI is InChI=1S/C12H13BrN4O/c1-8-15-16-9(2)17(8)14-7-10-4-5-12(18-3)11(13)6-10/h4-7H,1-3H3. The molecule has 0 aliphatic carbocycles. The van der Waals surface area contributed by atoms with Gasteiger partial charge in [-0.05, 0) is 53.5 Å². The summed E-state index contributed by atoms with van der Waals surface area (Å²) in [5, 5.41) is 12.2. The first-order chi connectivity index (χ1) is 8.61. The largest absolute Gasteiger partial charge is 0.496 e. The van der Waals surface area contributed by atoms with Gasteiger partial charge in [0.05, 0.1) is 17.8 Å². The molecule has 0 amide bonds. The lowest BCUT2D eigenvalue weighted by molar-refractivity contribution is 0.412. The Balaban J connectivity index is 2.27. The van der Waals surface area contributed by atoms with Gasteiger partial charge in [-0.25, -0.2) is 4.68 Å². The van der Waals surface area contributed by atoms with Crippen LogP contribution in [0.5, 0.6) is 5.75 Å². The van der Waals surface area contributed by atoms with Crippen molar-refractivity contribution in [3.8, 4) is 5.75 Å². The summed E-state index contributed by atoms with van der Waals surface area (Å²) < 4.78 is 7.76. The van der Waals surface area contributed by atoms with E-state index < -0.39 is 0 Å². The maximum Gasteiger partial charge on any atom is 0.151 e. The maximum absolute atomic E-state index is 5.17. The predicted molar refractivity (Wildman–Crippen MR) is 73.2 cm³/mol. The number of ether oxygens (including phenoxy) is 1. The van der Waals surface area contributed by atoms with E-state index in [9.17, 15) is 0 Å². The van der Waals surface area contributed by atoms with Gasteiger partial charge in [-0.15, -0.1) is 10.2 Å². The van der Waals surface area contributed by atoms with Gasteiger partial charge in [0.25, 0.3) is 0 Å². The number of halogens is 1. The monoisotopic (exact) mass is 308 g/mol. The summed E-state index contributed by atoms with van der Waals surface area (Å²) >= 11 is 3.44. The number of aromatic nitrogens is 3. The van der Waals surface area contributed by atoms with Crippen molar-refractivity contribution in [2.45, 2.75) is 13.8 Å².